The highest BCUT2D eigenvalue weighted by Crippen LogP contribution is 2.08. The molecule has 72 valence electrons. The van der Waals surface area contributed by atoms with Crippen molar-refractivity contribution in [2.24, 2.45) is 0 Å². The lowest BCUT2D eigenvalue weighted by Crippen LogP contribution is -2.52. The van der Waals surface area contributed by atoms with Gasteiger partial charge in [-0.1, -0.05) is 6.58 Å². The van der Waals surface area contributed by atoms with Gasteiger partial charge in [-0.3, -0.25) is 0 Å². The molecule has 1 N–H and O–H groups in total. The van der Waals surface area contributed by atoms with Gasteiger partial charge in [-0.25, -0.2) is 5.43 Å². The second kappa shape index (κ2) is 4.72. The number of ether oxygens (including phenoxy) is 1. The fourth-order valence-corrected chi connectivity index (χ4v) is 0.983. The quantitative estimate of drug-likeness (QED) is 0.523. The molecule has 0 bridgehead atoms. The third-order valence-corrected chi connectivity index (χ3v) is 1.97. The van der Waals surface area contributed by atoms with Crippen molar-refractivity contribution in [3.63, 3.8) is 0 Å². The van der Waals surface area contributed by atoms with Crippen LogP contribution in [-0.2, 0) is 4.74 Å². The van der Waals surface area contributed by atoms with Crippen LogP contribution in [0.15, 0.2) is 36.3 Å². The first-order valence-corrected chi connectivity index (χ1v) is 4.34. The molecule has 1 aliphatic rings. The highest BCUT2D eigenvalue weighted by Gasteiger charge is 2.12. The van der Waals surface area contributed by atoms with E-state index in [0.717, 1.165) is 24.5 Å². The van der Waals surface area contributed by atoms with E-state index < -0.39 is 0 Å². The molecular weight excluding hydrogens is 164 g/mol. The fraction of sp³-hybridized carbons (Fsp3) is 0.400. The SMILES string of the molecule is C=C/C(=C\C=C(/C)OC)N1CCN1. The topological polar surface area (TPSA) is 24.5 Å². The standard InChI is InChI=1S/C10H16N2O/c1-4-10(12-8-7-11-12)6-5-9(2)13-3/h4-6,11H,1,7-8H2,2-3H3/b9-5+,10-6+. The van der Waals surface area contributed by atoms with Crippen molar-refractivity contribution in [1.29, 1.82) is 0 Å². The zero-order valence-electron chi connectivity index (χ0n) is 8.21. The molecule has 1 saturated heterocycles. The van der Waals surface area contributed by atoms with Crippen molar-refractivity contribution in [2.75, 3.05) is 20.2 Å². The summed E-state index contributed by atoms with van der Waals surface area (Å²) < 4.78 is 5.02. The van der Waals surface area contributed by atoms with E-state index in [4.69, 9.17) is 4.74 Å². The second-order valence-electron chi connectivity index (χ2n) is 2.84. The van der Waals surface area contributed by atoms with E-state index >= 15 is 0 Å². The molecule has 0 atom stereocenters. The Bertz CT molecular complexity index is 239. The summed E-state index contributed by atoms with van der Waals surface area (Å²) in [7, 11) is 1.66. The third-order valence-electron chi connectivity index (χ3n) is 1.97. The van der Waals surface area contributed by atoms with Crippen LogP contribution in [-0.4, -0.2) is 25.2 Å². The number of hydrogen-bond acceptors (Lipinski definition) is 3. The van der Waals surface area contributed by atoms with E-state index in [-0.39, 0.29) is 0 Å². The van der Waals surface area contributed by atoms with E-state index in [0.29, 0.717) is 0 Å². The van der Waals surface area contributed by atoms with Gasteiger partial charge in [0.15, 0.2) is 0 Å². The summed E-state index contributed by atoms with van der Waals surface area (Å²) in [6, 6.07) is 0. The Balaban J connectivity index is 2.58. The second-order valence-corrected chi connectivity index (χ2v) is 2.84. The first-order valence-electron chi connectivity index (χ1n) is 4.34. The molecule has 0 radical (unpaired) electrons. The molecule has 3 nitrogen and oxygen atoms in total. The number of nitrogens with one attached hydrogen (secondary N) is 1. The highest BCUT2D eigenvalue weighted by atomic mass is 16.5. The summed E-state index contributed by atoms with van der Waals surface area (Å²) in [5.41, 5.74) is 4.23. The van der Waals surface area contributed by atoms with Gasteiger partial charge in [-0.05, 0) is 25.2 Å². The van der Waals surface area contributed by atoms with Gasteiger partial charge in [0.05, 0.1) is 18.6 Å². The van der Waals surface area contributed by atoms with Crippen LogP contribution in [0.3, 0.4) is 0 Å². The van der Waals surface area contributed by atoms with Gasteiger partial charge in [0.25, 0.3) is 0 Å². The summed E-state index contributed by atoms with van der Waals surface area (Å²) in [4.78, 5) is 0. The summed E-state index contributed by atoms with van der Waals surface area (Å²) in [6.07, 6.45) is 5.74. The Morgan fingerprint density at radius 1 is 1.54 bits per heavy atom. The largest absolute Gasteiger partial charge is 0.501 e. The molecule has 1 heterocycles. The van der Waals surface area contributed by atoms with Crippen LogP contribution in [0.1, 0.15) is 6.92 Å². The minimum atomic E-state index is 0.889. The van der Waals surface area contributed by atoms with Crippen LogP contribution in [0.25, 0.3) is 0 Å². The third kappa shape index (κ3) is 2.63. The summed E-state index contributed by atoms with van der Waals surface area (Å²) in [6.45, 7) is 7.74. The average molecular weight is 180 g/mol. The van der Waals surface area contributed by atoms with Crippen LogP contribution < -0.4 is 5.43 Å². The maximum atomic E-state index is 5.02. The van der Waals surface area contributed by atoms with Crippen molar-refractivity contribution in [1.82, 2.24) is 10.4 Å². The molecule has 0 unspecified atom stereocenters. The molecule has 3 heteroatoms. The summed E-state index contributed by atoms with van der Waals surface area (Å²) in [5, 5.41) is 2.05. The Morgan fingerprint density at radius 3 is 2.62 bits per heavy atom. The zero-order valence-corrected chi connectivity index (χ0v) is 8.21. The van der Waals surface area contributed by atoms with Gasteiger partial charge in [-0.15, -0.1) is 0 Å². The Hall–Kier alpha value is -1.22. The van der Waals surface area contributed by atoms with E-state index in [2.05, 4.69) is 12.0 Å². The number of allylic oxidation sites excluding steroid dienone is 4. The van der Waals surface area contributed by atoms with Crippen molar-refractivity contribution < 1.29 is 4.74 Å². The first-order chi connectivity index (χ1) is 6.27. The van der Waals surface area contributed by atoms with Gasteiger partial charge in [0.1, 0.15) is 0 Å². The lowest BCUT2D eigenvalue weighted by Gasteiger charge is -2.34. The van der Waals surface area contributed by atoms with Crippen LogP contribution in [0.4, 0.5) is 0 Å². The number of hydrazine groups is 1. The van der Waals surface area contributed by atoms with Crippen LogP contribution in [0.5, 0.6) is 0 Å². The molecule has 0 aromatic carbocycles. The van der Waals surface area contributed by atoms with Crippen molar-refractivity contribution in [3.05, 3.63) is 36.3 Å². The Kier molecular flexibility index (Phi) is 3.58. The molecule has 0 aliphatic carbocycles. The minimum absolute atomic E-state index is 0.889. The summed E-state index contributed by atoms with van der Waals surface area (Å²) >= 11 is 0. The number of methoxy groups -OCH3 is 1. The lowest BCUT2D eigenvalue weighted by atomic mass is 10.3. The molecule has 0 aromatic rings. The normalized spacial score (nSPS) is 18.2. The maximum Gasteiger partial charge on any atom is 0.0925 e. The average Bonchev–Trinajstić information content (AvgIpc) is 2.08. The molecule has 0 amide bonds. The van der Waals surface area contributed by atoms with E-state index in [1.54, 1.807) is 7.11 Å². The van der Waals surface area contributed by atoms with Crippen LogP contribution >= 0.6 is 0 Å². The van der Waals surface area contributed by atoms with Gasteiger partial charge in [0.2, 0.25) is 0 Å². The van der Waals surface area contributed by atoms with Crippen LogP contribution in [0, 0.1) is 0 Å². The fourth-order valence-electron chi connectivity index (χ4n) is 0.983. The highest BCUT2D eigenvalue weighted by molar-refractivity contribution is 5.22. The number of rotatable bonds is 4. The van der Waals surface area contributed by atoms with Crippen molar-refractivity contribution in [3.8, 4) is 0 Å². The molecule has 1 aliphatic heterocycles. The predicted octanol–water partition coefficient (Wildman–Crippen LogP) is 1.43. The monoisotopic (exact) mass is 180 g/mol. The maximum absolute atomic E-state index is 5.02. The van der Waals surface area contributed by atoms with Gasteiger partial charge < -0.3 is 9.75 Å². The molecular formula is C10H16N2O. The van der Waals surface area contributed by atoms with Gasteiger partial charge >= 0.3 is 0 Å². The zero-order chi connectivity index (χ0) is 9.68. The molecule has 0 aromatic heterocycles. The molecule has 1 fully saturated rings. The predicted molar refractivity (Wildman–Crippen MR) is 53.8 cm³/mol. The van der Waals surface area contributed by atoms with Gasteiger partial charge in [-0.2, -0.15) is 0 Å². The van der Waals surface area contributed by atoms with E-state index in [1.165, 1.54) is 0 Å². The first kappa shape index (κ1) is 9.86. The smallest absolute Gasteiger partial charge is 0.0925 e. The van der Waals surface area contributed by atoms with Crippen molar-refractivity contribution in [2.45, 2.75) is 6.92 Å². The minimum Gasteiger partial charge on any atom is -0.501 e. The molecule has 1 rings (SSSR count). The lowest BCUT2D eigenvalue weighted by molar-refractivity contribution is 0.158. The Morgan fingerprint density at radius 2 is 2.23 bits per heavy atom. The number of hydrogen-bond donors (Lipinski definition) is 1. The molecule has 0 spiro atoms. The van der Waals surface area contributed by atoms with E-state index in [1.807, 2.05) is 30.2 Å². The van der Waals surface area contributed by atoms with Crippen molar-refractivity contribution >= 4 is 0 Å². The molecule has 0 saturated carbocycles. The Labute approximate surface area is 79.3 Å². The number of nitrogens with zero attached hydrogens (tertiary/aromatic N) is 1. The van der Waals surface area contributed by atoms with Crippen LogP contribution in [0.2, 0.25) is 0 Å². The van der Waals surface area contributed by atoms with Gasteiger partial charge in [0, 0.05) is 13.1 Å². The van der Waals surface area contributed by atoms with E-state index in [9.17, 15) is 0 Å². The summed E-state index contributed by atoms with van der Waals surface area (Å²) in [5.74, 6) is 0.889. The molecule has 13 heavy (non-hydrogen) atoms.